The summed E-state index contributed by atoms with van der Waals surface area (Å²) in [5.74, 6) is 1.59. The number of ether oxygens (including phenoxy) is 1. The van der Waals surface area contributed by atoms with Crippen LogP contribution in [0.1, 0.15) is 12.8 Å². The van der Waals surface area contributed by atoms with E-state index >= 15 is 0 Å². The third-order valence-corrected chi connectivity index (χ3v) is 3.03. The van der Waals surface area contributed by atoms with Gasteiger partial charge in [0, 0.05) is 39.6 Å². The lowest BCUT2D eigenvalue weighted by atomic mass is 9.94. The predicted molar refractivity (Wildman–Crippen MR) is 67.3 cm³/mol. The molecule has 0 unspecified atom stereocenters. The molecule has 2 heterocycles. The molecule has 1 fully saturated rings. The molecule has 0 spiro atoms. The minimum absolute atomic E-state index is 0.510. The van der Waals surface area contributed by atoms with Gasteiger partial charge >= 0.3 is 0 Å². The number of hydrogen-bond acceptors (Lipinski definition) is 5. The Morgan fingerprint density at radius 3 is 2.76 bits per heavy atom. The molecule has 1 aromatic heterocycles. The fourth-order valence-corrected chi connectivity index (χ4v) is 1.86. The fourth-order valence-electron chi connectivity index (χ4n) is 1.86. The molecule has 0 radical (unpaired) electrons. The number of aromatic nitrogens is 1. The summed E-state index contributed by atoms with van der Waals surface area (Å²) < 4.78 is 5.24. The number of hydrogen-bond donors (Lipinski definition) is 3. The highest BCUT2D eigenvalue weighted by molar-refractivity contribution is 5.44. The van der Waals surface area contributed by atoms with Crippen LogP contribution in [0.4, 0.5) is 11.6 Å². The smallest absolute Gasteiger partial charge is 0.128 e. The topological polar surface area (TPSA) is 66.4 Å². The fraction of sp³-hybridized carbons (Fsp3) is 0.583. The molecule has 0 aliphatic carbocycles. The van der Waals surface area contributed by atoms with Gasteiger partial charge in [-0.15, -0.1) is 0 Å². The van der Waals surface area contributed by atoms with Gasteiger partial charge < -0.3 is 20.5 Å². The van der Waals surface area contributed by atoms with Crippen molar-refractivity contribution in [3.05, 3.63) is 18.2 Å². The quantitative estimate of drug-likeness (QED) is 0.731. The van der Waals surface area contributed by atoms with Crippen molar-refractivity contribution in [1.82, 2.24) is 4.98 Å². The van der Waals surface area contributed by atoms with E-state index in [4.69, 9.17) is 4.74 Å². The van der Waals surface area contributed by atoms with Gasteiger partial charge in [-0.1, -0.05) is 6.07 Å². The Hall–Kier alpha value is -1.33. The molecule has 17 heavy (non-hydrogen) atoms. The molecule has 1 aromatic rings. The summed E-state index contributed by atoms with van der Waals surface area (Å²) in [4.78, 5) is 4.34. The van der Waals surface area contributed by atoms with E-state index in [0.717, 1.165) is 11.6 Å². The van der Waals surface area contributed by atoms with E-state index in [0.29, 0.717) is 32.6 Å². The van der Waals surface area contributed by atoms with Crippen molar-refractivity contribution in [1.29, 1.82) is 0 Å². The van der Waals surface area contributed by atoms with Gasteiger partial charge in [-0.25, -0.2) is 4.98 Å². The summed E-state index contributed by atoms with van der Waals surface area (Å²) in [5, 5.41) is 16.4. The van der Waals surface area contributed by atoms with Gasteiger partial charge in [-0.05, 0) is 12.1 Å². The number of aliphatic hydroxyl groups is 1. The maximum Gasteiger partial charge on any atom is 0.128 e. The average molecular weight is 237 g/mol. The highest BCUT2D eigenvalue weighted by Crippen LogP contribution is 2.21. The highest BCUT2D eigenvalue weighted by Gasteiger charge is 2.29. The number of nitrogens with one attached hydrogen (secondary N) is 2. The lowest BCUT2D eigenvalue weighted by Gasteiger charge is -2.32. The summed E-state index contributed by atoms with van der Waals surface area (Å²) in [6, 6.07) is 5.72. The first kappa shape index (κ1) is 12.1. The number of nitrogens with zero attached hydrogens (tertiary/aromatic N) is 1. The molecule has 1 aliphatic heterocycles. The van der Waals surface area contributed by atoms with Crippen LogP contribution in [0.5, 0.6) is 0 Å². The molecule has 3 N–H and O–H groups in total. The molecule has 0 aromatic carbocycles. The van der Waals surface area contributed by atoms with Crippen LogP contribution < -0.4 is 10.6 Å². The normalized spacial score (nSPS) is 18.7. The first-order valence-corrected chi connectivity index (χ1v) is 5.91. The first-order valence-electron chi connectivity index (χ1n) is 5.91. The Balaban J connectivity index is 1.92. The maximum atomic E-state index is 10.3. The monoisotopic (exact) mass is 237 g/mol. The van der Waals surface area contributed by atoms with Crippen molar-refractivity contribution in [2.24, 2.45) is 0 Å². The molecular weight excluding hydrogens is 218 g/mol. The van der Waals surface area contributed by atoms with E-state index in [1.54, 1.807) is 0 Å². The molecule has 0 amide bonds. The molecule has 0 atom stereocenters. The van der Waals surface area contributed by atoms with Crippen molar-refractivity contribution in [2.45, 2.75) is 18.4 Å². The summed E-state index contributed by atoms with van der Waals surface area (Å²) in [6.07, 6.45) is 1.34. The predicted octanol–water partition coefficient (Wildman–Crippen LogP) is 1.08. The second-order valence-corrected chi connectivity index (χ2v) is 4.35. The summed E-state index contributed by atoms with van der Waals surface area (Å²) in [5.41, 5.74) is -0.671. The van der Waals surface area contributed by atoms with E-state index < -0.39 is 5.60 Å². The molecule has 1 saturated heterocycles. The molecule has 94 valence electrons. The van der Waals surface area contributed by atoms with Crippen molar-refractivity contribution in [2.75, 3.05) is 37.4 Å². The largest absolute Gasteiger partial charge is 0.388 e. The third kappa shape index (κ3) is 3.31. The van der Waals surface area contributed by atoms with E-state index in [2.05, 4.69) is 15.6 Å². The summed E-state index contributed by atoms with van der Waals surface area (Å²) >= 11 is 0. The zero-order chi connectivity index (χ0) is 12.1. The van der Waals surface area contributed by atoms with Crippen molar-refractivity contribution >= 4 is 11.6 Å². The van der Waals surface area contributed by atoms with E-state index in [-0.39, 0.29) is 0 Å². The molecule has 2 rings (SSSR count). The Morgan fingerprint density at radius 1 is 1.35 bits per heavy atom. The minimum Gasteiger partial charge on any atom is -0.388 e. The van der Waals surface area contributed by atoms with Crippen LogP contribution >= 0.6 is 0 Å². The van der Waals surface area contributed by atoms with Gasteiger partial charge in [0.2, 0.25) is 0 Å². The molecule has 0 saturated carbocycles. The van der Waals surface area contributed by atoms with E-state index in [9.17, 15) is 5.11 Å². The standard InChI is InChI=1S/C12H19N3O2/c1-13-10-3-2-4-11(15-10)14-9-12(16)5-7-17-8-6-12/h2-4,16H,5-9H2,1H3,(H2,13,14,15). The van der Waals surface area contributed by atoms with Crippen molar-refractivity contribution in [3.63, 3.8) is 0 Å². The molecule has 0 bridgehead atoms. The second-order valence-electron chi connectivity index (χ2n) is 4.35. The van der Waals surface area contributed by atoms with Crippen LogP contribution in [0.15, 0.2) is 18.2 Å². The average Bonchev–Trinajstić information content (AvgIpc) is 2.38. The Bertz CT molecular complexity index is 365. The zero-order valence-electron chi connectivity index (χ0n) is 10.1. The number of pyridine rings is 1. The molecule has 1 aliphatic rings. The van der Waals surface area contributed by atoms with Gasteiger partial charge in [0.05, 0.1) is 5.60 Å². The van der Waals surface area contributed by atoms with Crippen LogP contribution in [-0.4, -0.2) is 42.5 Å². The van der Waals surface area contributed by atoms with Crippen LogP contribution in [-0.2, 0) is 4.74 Å². The molecule has 5 nitrogen and oxygen atoms in total. The van der Waals surface area contributed by atoms with E-state index in [1.807, 2.05) is 25.2 Å². The SMILES string of the molecule is CNc1cccc(NCC2(O)CCOCC2)n1. The molecular formula is C12H19N3O2. The van der Waals surface area contributed by atoms with Gasteiger partial charge in [0.25, 0.3) is 0 Å². The summed E-state index contributed by atoms with van der Waals surface area (Å²) in [6.45, 7) is 1.76. The number of rotatable bonds is 4. The number of anilines is 2. The lowest BCUT2D eigenvalue weighted by molar-refractivity contribution is -0.0543. The second kappa shape index (κ2) is 5.33. The van der Waals surface area contributed by atoms with Gasteiger partial charge in [-0.2, -0.15) is 0 Å². The van der Waals surface area contributed by atoms with Gasteiger partial charge in [0.1, 0.15) is 11.6 Å². The Morgan fingerprint density at radius 2 is 2.06 bits per heavy atom. The Labute approximate surface area is 101 Å². The third-order valence-electron chi connectivity index (χ3n) is 3.03. The maximum absolute atomic E-state index is 10.3. The van der Waals surface area contributed by atoms with Crippen molar-refractivity contribution in [3.8, 4) is 0 Å². The minimum atomic E-state index is -0.671. The van der Waals surface area contributed by atoms with Crippen LogP contribution in [0, 0.1) is 0 Å². The van der Waals surface area contributed by atoms with Crippen LogP contribution in [0.25, 0.3) is 0 Å². The van der Waals surface area contributed by atoms with Gasteiger partial charge in [-0.3, -0.25) is 0 Å². The first-order chi connectivity index (χ1) is 8.22. The lowest BCUT2D eigenvalue weighted by Crippen LogP contribution is -2.42. The van der Waals surface area contributed by atoms with Crippen LogP contribution in [0.2, 0.25) is 0 Å². The van der Waals surface area contributed by atoms with E-state index in [1.165, 1.54) is 0 Å². The molecule has 5 heteroatoms. The Kier molecular flexibility index (Phi) is 3.81. The highest BCUT2D eigenvalue weighted by atomic mass is 16.5. The zero-order valence-corrected chi connectivity index (χ0v) is 10.1. The van der Waals surface area contributed by atoms with Crippen molar-refractivity contribution < 1.29 is 9.84 Å². The summed E-state index contributed by atoms with van der Waals surface area (Å²) in [7, 11) is 1.83. The van der Waals surface area contributed by atoms with Crippen LogP contribution in [0.3, 0.4) is 0 Å². The van der Waals surface area contributed by atoms with Gasteiger partial charge in [0.15, 0.2) is 0 Å².